The molecular weight excluding hydrogens is 629 g/mol. The summed E-state index contributed by atoms with van der Waals surface area (Å²) in [6.07, 6.45) is 8.06. The highest BCUT2D eigenvalue weighted by Gasteiger charge is 2.32. The minimum absolute atomic E-state index is 0.102. The van der Waals surface area contributed by atoms with Crippen molar-refractivity contribution in [3.8, 4) is 21.8 Å². The molecule has 4 aromatic heterocycles. The Morgan fingerprint density at radius 1 is 0.959 bits per heavy atom. The number of rotatable bonds is 11. The molecule has 0 bridgehead atoms. The van der Waals surface area contributed by atoms with Gasteiger partial charge in [0, 0.05) is 42.5 Å². The normalized spacial score (nSPS) is 16.8. The average molecular weight is 679 g/mol. The van der Waals surface area contributed by atoms with E-state index in [0.717, 1.165) is 96.1 Å². The topological polar surface area (TPSA) is 87.4 Å². The lowest BCUT2D eigenvalue weighted by Crippen LogP contribution is -2.37. The van der Waals surface area contributed by atoms with Gasteiger partial charge in [-0.15, -0.1) is 11.3 Å². The van der Waals surface area contributed by atoms with Crippen molar-refractivity contribution in [1.82, 2.24) is 24.4 Å². The Balaban J connectivity index is 1.43. The standard InChI is InChI=1S/C40H50N6O2S/c1-6-10-28(11-7-2)35-30-14-18-34(40(47)48)43-39(30)46-23-22-45(21-19-27-12-9-20-44(8-3)24-27)36-29-13-17-33(38-25(4)41-26(5)49-38)42-32(29)16-15-31(36)37(35)46/h13-18,27-28H,6-12,19-24H2,1-5H3,(H,47,48). The highest BCUT2D eigenvalue weighted by atomic mass is 32.1. The number of fused-ring (bicyclic) bond motifs is 7. The van der Waals surface area contributed by atoms with Crippen LogP contribution < -0.4 is 4.90 Å². The number of pyridine rings is 2. The summed E-state index contributed by atoms with van der Waals surface area (Å²) in [4.78, 5) is 33.3. The quantitative estimate of drug-likeness (QED) is 0.149. The molecule has 0 aliphatic carbocycles. The maximum Gasteiger partial charge on any atom is 0.354 e. The van der Waals surface area contributed by atoms with E-state index in [9.17, 15) is 9.90 Å². The van der Waals surface area contributed by atoms with Gasteiger partial charge in [0.15, 0.2) is 5.69 Å². The molecule has 49 heavy (non-hydrogen) atoms. The minimum Gasteiger partial charge on any atom is -0.477 e. The monoisotopic (exact) mass is 678 g/mol. The maximum absolute atomic E-state index is 12.2. The van der Waals surface area contributed by atoms with Gasteiger partial charge in [0.1, 0.15) is 5.65 Å². The zero-order valence-corrected chi connectivity index (χ0v) is 30.6. The Morgan fingerprint density at radius 3 is 2.47 bits per heavy atom. The fraction of sp³-hybridized carbons (Fsp3) is 0.500. The summed E-state index contributed by atoms with van der Waals surface area (Å²) in [5.41, 5.74) is 8.91. The molecule has 1 aromatic carbocycles. The number of carboxylic acids is 1. The van der Waals surface area contributed by atoms with Crippen LogP contribution in [0.25, 0.3) is 43.8 Å². The van der Waals surface area contributed by atoms with Crippen LogP contribution >= 0.6 is 11.3 Å². The summed E-state index contributed by atoms with van der Waals surface area (Å²) in [6, 6.07) is 12.7. The van der Waals surface area contributed by atoms with Gasteiger partial charge in [-0.2, -0.15) is 0 Å². The van der Waals surface area contributed by atoms with E-state index in [1.165, 1.54) is 53.8 Å². The number of benzene rings is 1. The lowest BCUT2D eigenvalue weighted by atomic mass is 9.86. The summed E-state index contributed by atoms with van der Waals surface area (Å²) < 4.78 is 2.35. The van der Waals surface area contributed by atoms with E-state index >= 15 is 0 Å². The number of carboxylic acid groups (broad SMARTS) is 1. The first kappa shape index (κ1) is 33.7. The lowest BCUT2D eigenvalue weighted by Gasteiger charge is -2.34. The summed E-state index contributed by atoms with van der Waals surface area (Å²) in [5, 5.41) is 13.3. The SMILES string of the molecule is CCCC(CCC)c1c2n(c3nc(C(=O)O)ccc13)CCN(CCC1CCCN(CC)C1)c1c-2ccc2nc(-c3sc(C)nc3C)ccc12. The number of piperidine rings is 1. The molecule has 9 heteroatoms. The Hall–Kier alpha value is -3.82. The van der Waals surface area contributed by atoms with Crippen LogP contribution in [0.4, 0.5) is 5.69 Å². The number of aryl methyl sites for hydroxylation is 2. The molecule has 8 nitrogen and oxygen atoms in total. The van der Waals surface area contributed by atoms with Gasteiger partial charge in [-0.1, -0.05) is 33.6 Å². The number of nitrogens with zero attached hydrogens (tertiary/aromatic N) is 6. The van der Waals surface area contributed by atoms with Gasteiger partial charge in [-0.25, -0.2) is 19.7 Å². The average Bonchev–Trinajstić information content (AvgIpc) is 3.56. The van der Waals surface area contributed by atoms with Crippen LogP contribution in [0.5, 0.6) is 0 Å². The first-order valence-corrected chi connectivity index (χ1v) is 19.2. The third-order valence-electron chi connectivity index (χ3n) is 10.8. The molecule has 5 aromatic rings. The smallest absolute Gasteiger partial charge is 0.354 e. The van der Waals surface area contributed by atoms with Crippen molar-refractivity contribution in [2.75, 3.05) is 37.6 Å². The van der Waals surface area contributed by atoms with Crippen molar-refractivity contribution >= 4 is 44.9 Å². The van der Waals surface area contributed by atoms with E-state index in [4.69, 9.17) is 9.97 Å². The first-order valence-electron chi connectivity index (χ1n) is 18.4. The van der Waals surface area contributed by atoms with Gasteiger partial charge >= 0.3 is 5.97 Å². The van der Waals surface area contributed by atoms with Crippen molar-refractivity contribution in [3.05, 3.63) is 58.4 Å². The molecule has 7 rings (SSSR count). The molecule has 1 unspecified atom stereocenters. The maximum atomic E-state index is 12.2. The van der Waals surface area contributed by atoms with Gasteiger partial charge in [-0.05, 0) is 113 Å². The number of aromatic nitrogens is 4. The van der Waals surface area contributed by atoms with Gasteiger partial charge in [0.2, 0.25) is 0 Å². The molecule has 2 aliphatic heterocycles. The Kier molecular flexibility index (Phi) is 9.75. The molecule has 2 aliphatic rings. The number of aromatic carboxylic acids is 1. The van der Waals surface area contributed by atoms with E-state index < -0.39 is 5.97 Å². The van der Waals surface area contributed by atoms with Crippen molar-refractivity contribution in [3.63, 3.8) is 0 Å². The van der Waals surface area contributed by atoms with Crippen LogP contribution in [0, 0.1) is 19.8 Å². The van der Waals surface area contributed by atoms with Crippen LogP contribution in [0.15, 0.2) is 36.4 Å². The number of likely N-dealkylation sites (tertiary alicyclic amines) is 1. The van der Waals surface area contributed by atoms with Crippen molar-refractivity contribution in [1.29, 1.82) is 0 Å². The first-order chi connectivity index (χ1) is 23.8. The second kappa shape index (κ2) is 14.2. The van der Waals surface area contributed by atoms with E-state index in [-0.39, 0.29) is 5.69 Å². The second-order valence-corrected chi connectivity index (χ2v) is 15.3. The number of anilines is 1. The van der Waals surface area contributed by atoms with Gasteiger partial charge in [-0.3, -0.25) is 0 Å². The summed E-state index contributed by atoms with van der Waals surface area (Å²) >= 11 is 1.71. The van der Waals surface area contributed by atoms with Crippen LogP contribution in [-0.4, -0.2) is 68.2 Å². The molecule has 1 N–H and O–H groups in total. The van der Waals surface area contributed by atoms with Crippen molar-refractivity contribution in [2.24, 2.45) is 5.92 Å². The van der Waals surface area contributed by atoms with Crippen molar-refractivity contribution < 1.29 is 9.90 Å². The molecule has 6 heterocycles. The lowest BCUT2D eigenvalue weighted by molar-refractivity contribution is 0.0691. The van der Waals surface area contributed by atoms with Crippen LogP contribution in [0.3, 0.4) is 0 Å². The summed E-state index contributed by atoms with van der Waals surface area (Å²) in [6.45, 7) is 17.0. The minimum atomic E-state index is -0.985. The zero-order valence-electron chi connectivity index (χ0n) is 29.8. The Bertz CT molecular complexity index is 1990. The number of hydrogen-bond donors (Lipinski definition) is 1. The molecule has 0 saturated carbocycles. The number of thiazole rings is 1. The predicted octanol–water partition coefficient (Wildman–Crippen LogP) is 9.32. The fourth-order valence-electron chi connectivity index (χ4n) is 8.60. The highest BCUT2D eigenvalue weighted by molar-refractivity contribution is 7.15. The zero-order chi connectivity index (χ0) is 34.2. The number of hydrogen-bond acceptors (Lipinski definition) is 7. The van der Waals surface area contributed by atoms with Gasteiger partial charge in [0.25, 0.3) is 0 Å². The largest absolute Gasteiger partial charge is 0.477 e. The van der Waals surface area contributed by atoms with E-state index in [1.54, 1.807) is 17.4 Å². The fourth-order valence-corrected chi connectivity index (χ4v) is 9.49. The van der Waals surface area contributed by atoms with E-state index in [2.05, 4.69) is 78.2 Å². The van der Waals surface area contributed by atoms with Crippen LogP contribution in [-0.2, 0) is 6.54 Å². The highest BCUT2D eigenvalue weighted by Crippen LogP contribution is 2.48. The van der Waals surface area contributed by atoms with Gasteiger partial charge < -0.3 is 19.5 Å². The predicted molar refractivity (Wildman–Crippen MR) is 202 cm³/mol. The van der Waals surface area contributed by atoms with E-state index in [0.29, 0.717) is 11.8 Å². The molecule has 0 amide bonds. The molecule has 0 radical (unpaired) electrons. The molecule has 1 atom stereocenters. The second-order valence-electron chi connectivity index (χ2n) is 14.1. The molecule has 1 saturated heterocycles. The van der Waals surface area contributed by atoms with Gasteiger partial charge in [0.05, 0.1) is 38.2 Å². The molecular formula is C40H50N6O2S. The third kappa shape index (κ3) is 6.36. The van der Waals surface area contributed by atoms with Crippen molar-refractivity contribution in [2.45, 2.75) is 92.0 Å². The number of carbonyl (C=O) groups is 1. The van der Waals surface area contributed by atoms with Crippen LogP contribution in [0.1, 0.15) is 98.4 Å². The summed E-state index contributed by atoms with van der Waals surface area (Å²) in [7, 11) is 0. The summed E-state index contributed by atoms with van der Waals surface area (Å²) in [5.74, 6) is 0.0639. The van der Waals surface area contributed by atoms with Crippen LogP contribution in [0.2, 0.25) is 0 Å². The molecule has 258 valence electrons. The molecule has 1 fully saturated rings. The third-order valence-corrected chi connectivity index (χ3v) is 11.9. The Morgan fingerprint density at radius 2 is 1.76 bits per heavy atom. The Labute approximate surface area is 294 Å². The molecule has 0 spiro atoms. The van der Waals surface area contributed by atoms with E-state index in [1.807, 2.05) is 6.07 Å².